The fourth-order valence-corrected chi connectivity index (χ4v) is 2.70. The van der Waals surface area contributed by atoms with E-state index in [1.807, 2.05) is 36.1 Å². The zero-order valence-corrected chi connectivity index (χ0v) is 10.6. The van der Waals surface area contributed by atoms with Crippen LogP contribution in [0.3, 0.4) is 0 Å². The Kier molecular flexibility index (Phi) is 2.78. The quantitative estimate of drug-likeness (QED) is 0.737. The minimum atomic E-state index is 0.154. The topological polar surface area (TPSA) is 20.3 Å². The van der Waals surface area contributed by atoms with Gasteiger partial charge in [0.25, 0.3) is 5.91 Å². The first-order valence-electron chi connectivity index (χ1n) is 6.47. The summed E-state index contributed by atoms with van der Waals surface area (Å²) in [5.74, 6) is 0.154. The van der Waals surface area contributed by atoms with Crippen molar-refractivity contribution in [1.82, 2.24) is 4.90 Å². The van der Waals surface area contributed by atoms with Crippen LogP contribution in [-0.2, 0) is 0 Å². The number of nitrogens with zero attached hydrogens (tertiary/aromatic N) is 1. The Morgan fingerprint density at radius 3 is 2.94 bits per heavy atom. The van der Waals surface area contributed by atoms with E-state index in [4.69, 9.17) is 0 Å². The summed E-state index contributed by atoms with van der Waals surface area (Å²) in [6.07, 6.45) is 6.62. The predicted molar refractivity (Wildman–Crippen MR) is 72.5 cm³/mol. The maximum Gasteiger partial charge on any atom is 0.254 e. The highest BCUT2D eigenvalue weighted by molar-refractivity contribution is 5.95. The summed E-state index contributed by atoms with van der Waals surface area (Å²) in [7, 11) is 0. The van der Waals surface area contributed by atoms with Crippen LogP contribution in [0.4, 0.5) is 0 Å². The van der Waals surface area contributed by atoms with E-state index < -0.39 is 0 Å². The lowest BCUT2D eigenvalue weighted by atomic mass is 10.0. The number of allylic oxidation sites excluding steroid dienone is 1. The molecule has 0 spiro atoms. The van der Waals surface area contributed by atoms with E-state index >= 15 is 0 Å². The summed E-state index contributed by atoms with van der Waals surface area (Å²) in [6, 6.07) is 7.84. The molecule has 92 valence electrons. The Morgan fingerprint density at radius 2 is 2.17 bits per heavy atom. The van der Waals surface area contributed by atoms with Crippen molar-refractivity contribution in [2.75, 3.05) is 13.1 Å². The van der Waals surface area contributed by atoms with Gasteiger partial charge in [-0.2, -0.15) is 0 Å². The molecule has 3 rings (SSSR count). The van der Waals surface area contributed by atoms with Crippen molar-refractivity contribution in [3.8, 4) is 0 Å². The molecule has 1 aliphatic heterocycles. The third kappa shape index (κ3) is 1.99. The Bertz CT molecular complexity index is 554. The van der Waals surface area contributed by atoms with Crippen molar-refractivity contribution in [3.63, 3.8) is 0 Å². The number of aryl methyl sites for hydroxylation is 1. The molecule has 2 heteroatoms. The molecule has 0 fully saturated rings. The molecule has 0 aromatic heterocycles. The SMILES string of the molecule is Cc1cccc(C(=O)N2CC3=C(CCC=C3)C2)c1. The molecule has 1 aliphatic carbocycles. The summed E-state index contributed by atoms with van der Waals surface area (Å²) >= 11 is 0. The van der Waals surface area contributed by atoms with Gasteiger partial charge in [-0.1, -0.05) is 29.8 Å². The van der Waals surface area contributed by atoms with Crippen LogP contribution in [-0.4, -0.2) is 23.9 Å². The Morgan fingerprint density at radius 1 is 1.28 bits per heavy atom. The lowest BCUT2D eigenvalue weighted by Crippen LogP contribution is -2.29. The fraction of sp³-hybridized carbons (Fsp3) is 0.312. The van der Waals surface area contributed by atoms with Gasteiger partial charge in [0.05, 0.1) is 0 Å². The van der Waals surface area contributed by atoms with Gasteiger partial charge in [0, 0.05) is 18.7 Å². The van der Waals surface area contributed by atoms with Crippen LogP contribution in [0.2, 0.25) is 0 Å². The van der Waals surface area contributed by atoms with E-state index in [9.17, 15) is 4.79 Å². The van der Waals surface area contributed by atoms with Crippen molar-refractivity contribution in [2.45, 2.75) is 19.8 Å². The first-order chi connectivity index (χ1) is 8.74. The monoisotopic (exact) mass is 239 g/mol. The molecular weight excluding hydrogens is 222 g/mol. The first-order valence-corrected chi connectivity index (χ1v) is 6.47. The van der Waals surface area contributed by atoms with Gasteiger partial charge in [-0.25, -0.2) is 0 Å². The fourth-order valence-electron chi connectivity index (χ4n) is 2.70. The maximum atomic E-state index is 12.4. The lowest BCUT2D eigenvalue weighted by molar-refractivity contribution is 0.0796. The molecular formula is C16H17NO. The zero-order valence-electron chi connectivity index (χ0n) is 10.6. The molecule has 2 aliphatic rings. The standard InChI is InChI=1S/C16H17NO/c1-12-5-4-8-13(9-12)16(18)17-10-14-6-2-3-7-15(14)11-17/h2,4-6,8-9H,3,7,10-11H2,1H3. The van der Waals surface area contributed by atoms with Crippen molar-refractivity contribution in [1.29, 1.82) is 0 Å². The molecule has 0 unspecified atom stereocenters. The third-order valence-corrected chi connectivity index (χ3v) is 3.68. The van der Waals surface area contributed by atoms with E-state index in [0.717, 1.165) is 37.1 Å². The lowest BCUT2D eigenvalue weighted by Gasteiger charge is -2.16. The van der Waals surface area contributed by atoms with Crippen LogP contribution in [0.5, 0.6) is 0 Å². The largest absolute Gasteiger partial charge is 0.330 e. The molecule has 0 saturated heterocycles. The number of carbonyl (C=O) groups is 1. The van der Waals surface area contributed by atoms with Crippen molar-refractivity contribution < 1.29 is 4.79 Å². The van der Waals surface area contributed by atoms with Gasteiger partial charge < -0.3 is 4.90 Å². The van der Waals surface area contributed by atoms with Gasteiger partial charge in [-0.3, -0.25) is 4.79 Å². The summed E-state index contributed by atoms with van der Waals surface area (Å²) in [6.45, 7) is 3.61. The molecule has 2 nitrogen and oxygen atoms in total. The number of amides is 1. The van der Waals surface area contributed by atoms with Crippen molar-refractivity contribution in [3.05, 3.63) is 58.7 Å². The van der Waals surface area contributed by atoms with Crippen LogP contribution >= 0.6 is 0 Å². The van der Waals surface area contributed by atoms with Gasteiger partial charge in [0.15, 0.2) is 0 Å². The number of benzene rings is 1. The second-order valence-electron chi connectivity index (χ2n) is 5.10. The average molecular weight is 239 g/mol. The molecule has 0 atom stereocenters. The summed E-state index contributed by atoms with van der Waals surface area (Å²) in [5, 5.41) is 0. The molecule has 1 aromatic carbocycles. The van der Waals surface area contributed by atoms with Gasteiger partial charge in [-0.05, 0) is 43.0 Å². The molecule has 1 heterocycles. The highest BCUT2D eigenvalue weighted by atomic mass is 16.2. The highest BCUT2D eigenvalue weighted by Gasteiger charge is 2.25. The Balaban J connectivity index is 1.78. The van der Waals surface area contributed by atoms with Crippen molar-refractivity contribution in [2.24, 2.45) is 0 Å². The van der Waals surface area contributed by atoms with E-state index in [-0.39, 0.29) is 5.91 Å². The number of hydrogen-bond donors (Lipinski definition) is 0. The van der Waals surface area contributed by atoms with E-state index in [1.54, 1.807) is 0 Å². The summed E-state index contributed by atoms with van der Waals surface area (Å²) < 4.78 is 0. The summed E-state index contributed by atoms with van der Waals surface area (Å²) in [4.78, 5) is 14.4. The first kappa shape index (κ1) is 11.3. The minimum Gasteiger partial charge on any atom is -0.330 e. The minimum absolute atomic E-state index is 0.154. The maximum absolute atomic E-state index is 12.4. The zero-order chi connectivity index (χ0) is 12.5. The van der Waals surface area contributed by atoms with Crippen LogP contribution in [0.1, 0.15) is 28.8 Å². The molecule has 0 radical (unpaired) electrons. The second-order valence-corrected chi connectivity index (χ2v) is 5.10. The molecule has 18 heavy (non-hydrogen) atoms. The van der Waals surface area contributed by atoms with Crippen LogP contribution in [0.15, 0.2) is 47.6 Å². The average Bonchev–Trinajstić information content (AvgIpc) is 2.81. The van der Waals surface area contributed by atoms with Crippen LogP contribution < -0.4 is 0 Å². The predicted octanol–water partition coefficient (Wildman–Crippen LogP) is 3.10. The smallest absolute Gasteiger partial charge is 0.254 e. The molecule has 0 bridgehead atoms. The van der Waals surface area contributed by atoms with Crippen LogP contribution in [0, 0.1) is 6.92 Å². The molecule has 0 saturated carbocycles. The van der Waals surface area contributed by atoms with E-state index in [2.05, 4.69) is 12.2 Å². The van der Waals surface area contributed by atoms with Gasteiger partial charge in [-0.15, -0.1) is 0 Å². The number of hydrogen-bond acceptors (Lipinski definition) is 1. The normalized spacial score (nSPS) is 18.2. The van der Waals surface area contributed by atoms with E-state index in [1.165, 1.54) is 11.1 Å². The molecule has 1 amide bonds. The number of rotatable bonds is 1. The van der Waals surface area contributed by atoms with Crippen LogP contribution in [0.25, 0.3) is 0 Å². The Labute approximate surface area is 108 Å². The van der Waals surface area contributed by atoms with Gasteiger partial charge in [0.2, 0.25) is 0 Å². The highest BCUT2D eigenvalue weighted by Crippen LogP contribution is 2.27. The second kappa shape index (κ2) is 4.45. The van der Waals surface area contributed by atoms with Crippen molar-refractivity contribution >= 4 is 5.91 Å². The van der Waals surface area contributed by atoms with Gasteiger partial charge in [0.1, 0.15) is 0 Å². The molecule has 1 aromatic rings. The summed E-state index contributed by atoms with van der Waals surface area (Å²) in [5.41, 5.74) is 4.73. The van der Waals surface area contributed by atoms with Gasteiger partial charge >= 0.3 is 0 Å². The third-order valence-electron chi connectivity index (χ3n) is 3.68. The molecule has 0 N–H and O–H groups in total. The number of carbonyl (C=O) groups excluding carboxylic acids is 1. The van der Waals surface area contributed by atoms with E-state index in [0.29, 0.717) is 0 Å². The Hall–Kier alpha value is -1.83.